The van der Waals surface area contributed by atoms with Crippen LogP contribution in [0.1, 0.15) is 39.4 Å². The second kappa shape index (κ2) is 11.6. The van der Waals surface area contributed by atoms with Crippen LogP contribution in [0.5, 0.6) is 23.0 Å². The third-order valence-electron chi connectivity index (χ3n) is 5.07. The second-order valence-corrected chi connectivity index (χ2v) is 7.12. The number of para-hydroxylation sites is 2. The van der Waals surface area contributed by atoms with Gasteiger partial charge in [0.1, 0.15) is 17.7 Å². The van der Waals surface area contributed by atoms with Crippen molar-refractivity contribution < 1.29 is 28.5 Å². The molecule has 2 N–H and O–H groups in total. The molecule has 0 aliphatic rings. The molecule has 0 aromatic heterocycles. The van der Waals surface area contributed by atoms with Crippen molar-refractivity contribution in [1.82, 2.24) is 10.6 Å². The van der Waals surface area contributed by atoms with E-state index in [4.69, 9.17) is 18.9 Å². The molecule has 0 spiro atoms. The molecule has 0 aliphatic carbocycles. The first kappa shape index (κ1) is 24.4. The number of benzene rings is 3. The molecule has 0 unspecified atom stereocenters. The van der Waals surface area contributed by atoms with E-state index in [0.717, 1.165) is 0 Å². The van der Waals surface area contributed by atoms with Gasteiger partial charge in [-0.1, -0.05) is 30.3 Å². The number of ether oxygens (including phenoxy) is 4. The van der Waals surface area contributed by atoms with Crippen LogP contribution < -0.4 is 29.6 Å². The van der Waals surface area contributed by atoms with Gasteiger partial charge in [-0.15, -0.1) is 0 Å². The van der Waals surface area contributed by atoms with Gasteiger partial charge in [-0.25, -0.2) is 0 Å². The van der Waals surface area contributed by atoms with Gasteiger partial charge in [0.2, 0.25) is 0 Å². The number of carbonyl (C=O) groups is 2. The average molecular weight is 465 g/mol. The lowest BCUT2D eigenvalue weighted by molar-refractivity contribution is 0.0880. The maximum Gasteiger partial charge on any atom is 0.256 e. The summed E-state index contributed by atoms with van der Waals surface area (Å²) in [5.74, 6) is 1.02. The Bertz CT molecular complexity index is 1090. The van der Waals surface area contributed by atoms with Gasteiger partial charge in [-0.3, -0.25) is 9.59 Å². The lowest BCUT2D eigenvalue weighted by atomic mass is 10.1. The predicted molar refractivity (Wildman–Crippen MR) is 128 cm³/mol. The summed E-state index contributed by atoms with van der Waals surface area (Å²) in [5, 5.41) is 5.76. The summed E-state index contributed by atoms with van der Waals surface area (Å²) in [6.07, 6.45) is -0.889. The largest absolute Gasteiger partial charge is 0.496 e. The van der Waals surface area contributed by atoms with Crippen LogP contribution in [0.3, 0.4) is 0 Å². The number of nitrogens with one attached hydrogen (secondary N) is 2. The molecule has 0 fully saturated rings. The summed E-state index contributed by atoms with van der Waals surface area (Å²) in [6, 6.07) is 18.9. The molecule has 178 valence electrons. The highest BCUT2D eigenvalue weighted by Crippen LogP contribution is 2.30. The lowest BCUT2D eigenvalue weighted by Gasteiger charge is -2.23. The minimum atomic E-state index is -0.889. The van der Waals surface area contributed by atoms with Crippen molar-refractivity contribution in [3.8, 4) is 23.0 Å². The summed E-state index contributed by atoms with van der Waals surface area (Å²) >= 11 is 0. The molecule has 0 saturated carbocycles. The van der Waals surface area contributed by atoms with Crippen LogP contribution in [0, 0.1) is 0 Å². The molecule has 3 rings (SSSR count). The van der Waals surface area contributed by atoms with Gasteiger partial charge >= 0.3 is 0 Å². The van der Waals surface area contributed by atoms with E-state index >= 15 is 0 Å². The predicted octanol–water partition coefficient (Wildman–Crippen LogP) is 3.97. The third kappa shape index (κ3) is 5.58. The van der Waals surface area contributed by atoms with E-state index < -0.39 is 18.0 Å². The van der Waals surface area contributed by atoms with Crippen molar-refractivity contribution in [1.29, 1.82) is 0 Å². The van der Waals surface area contributed by atoms with E-state index in [1.165, 1.54) is 14.2 Å². The second-order valence-electron chi connectivity index (χ2n) is 7.12. The monoisotopic (exact) mass is 464 g/mol. The summed E-state index contributed by atoms with van der Waals surface area (Å²) in [6.45, 7) is 2.28. The lowest BCUT2D eigenvalue weighted by Crippen LogP contribution is -2.41. The summed E-state index contributed by atoms with van der Waals surface area (Å²) in [5.41, 5.74) is 1.26. The molecule has 3 aromatic carbocycles. The Morgan fingerprint density at radius 2 is 1.21 bits per heavy atom. The van der Waals surface area contributed by atoms with E-state index in [2.05, 4.69) is 10.6 Å². The van der Waals surface area contributed by atoms with Crippen molar-refractivity contribution in [3.05, 3.63) is 83.4 Å². The molecule has 2 amide bonds. The van der Waals surface area contributed by atoms with Gasteiger partial charge in [0.25, 0.3) is 11.8 Å². The standard InChI is InChI=1S/C26H28N2O6/c1-5-34-23-16-17(14-15-22(23)33-4)24(27-25(29)18-10-6-8-12-20(18)31-2)28-26(30)19-11-7-9-13-21(19)32-3/h6-16,24H,5H2,1-4H3,(H,27,29)(H,28,30). The third-order valence-corrected chi connectivity index (χ3v) is 5.07. The first-order valence-electron chi connectivity index (χ1n) is 10.7. The zero-order valence-electron chi connectivity index (χ0n) is 19.6. The van der Waals surface area contributed by atoms with Gasteiger partial charge < -0.3 is 29.6 Å². The van der Waals surface area contributed by atoms with Crippen LogP contribution in [0.2, 0.25) is 0 Å². The molecular formula is C26H28N2O6. The average Bonchev–Trinajstić information content (AvgIpc) is 2.88. The topological polar surface area (TPSA) is 95.1 Å². The zero-order chi connectivity index (χ0) is 24.5. The van der Waals surface area contributed by atoms with Gasteiger partial charge in [0.05, 0.1) is 39.1 Å². The molecule has 0 atom stereocenters. The SMILES string of the molecule is CCOc1cc(C(NC(=O)c2ccccc2OC)NC(=O)c2ccccc2OC)ccc1OC. The van der Waals surface area contributed by atoms with Crippen LogP contribution in [-0.4, -0.2) is 39.8 Å². The number of rotatable bonds is 10. The van der Waals surface area contributed by atoms with E-state index in [1.807, 2.05) is 6.92 Å². The van der Waals surface area contributed by atoms with Crippen molar-refractivity contribution >= 4 is 11.8 Å². The number of carbonyl (C=O) groups excluding carboxylic acids is 2. The number of hydrogen-bond acceptors (Lipinski definition) is 6. The van der Waals surface area contributed by atoms with E-state index in [-0.39, 0.29) is 0 Å². The Morgan fingerprint density at radius 3 is 1.68 bits per heavy atom. The zero-order valence-corrected chi connectivity index (χ0v) is 19.6. The Kier molecular flexibility index (Phi) is 8.34. The van der Waals surface area contributed by atoms with Crippen molar-refractivity contribution in [3.63, 3.8) is 0 Å². The minimum Gasteiger partial charge on any atom is -0.496 e. The highest BCUT2D eigenvalue weighted by atomic mass is 16.5. The Hall–Kier alpha value is -4.20. The smallest absolute Gasteiger partial charge is 0.256 e. The fourth-order valence-corrected chi connectivity index (χ4v) is 3.43. The molecule has 0 aliphatic heterocycles. The van der Waals surface area contributed by atoms with Gasteiger partial charge in [-0.2, -0.15) is 0 Å². The summed E-state index contributed by atoms with van der Waals surface area (Å²) < 4.78 is 21.7. The Morgan fingerprint density at radius 1 is 0.706 bits per heavy atom. The number of hydrogen-bond donors (Lipinski definition) is 2. The molecule has 0 radical (unpaired) electrons. The van der Waals surface area contributed by atoms with E-state index in [9.17, 15) is 9.59 Å². The molecule has 0 heterocycles. The quantitative estimate of drug-likeness (QED) is 0.441. The van der Waals surface area contributed by atoms with Gasteiger partial charge in [-0.05, 0) is 48.9 Å². The first-order valence-corrected chi connectivity index (χ1v) is 10.7. The maximum atomic E-state index is 13.2. The van der Waals surface area contributed by atoms with Crippen LogP contribution in [0.25, 0.3) is 0 Å². The fraction of sp³-hybridized carbons (Fsp3) is 0.231. The molecule has 34 heavy (non-hydrogen) atoms. The van der Waals surface area contributed by atoms with E-state index in [0.29, 0.717) is 46.3 Å². The Balaban J connectivity index is 1.98. The van der Waals surface area contributed by atoms with Crippen molar-refractivity contribution in [2.45, 2.75) is 13.1 Å². The molecule has 0 saturated heterocycles. The van der Waals surface area contributed by atoms with Gasteiger partial charge in [0.15, 0.2) is 11.5 Å². The minimum absolute atomic E-state index is 0.333. The number of amides is 2. The van der Waals surface area contributed by atoms with Crippen molar-refractivity contribution in [2.75, 3.05) is 27.9 Å². The van der Waals surface area contributed by atoms with Crippen LogP contribution >= 0.6 is 0 Å². The first-order chi connectivity index (χ1) is 16.5. The van der Waals surface area contributed by atoms with Crippen LogP contribution in [0.4, 0.5) is 0 Å². The molecular weight excluding hydrogens is 436 g/mol. The Labute approximate surface area is 198 Å². The molecule has 0 bridgehead atoms. The van der Waals surface area contributed by atoms with Crippen LogP contribution in [-0.2, 0) is 0 Å². The maximum absolute atomic E-state index is 13.2. The normalized spacial score (nSPS) is 10.4. The fourth-order valence-electron chi connectivity index (χ4n) is 3.43. The molecule has 8 nitrogen and oxygen atoms in total. The highest BCUT2D eigenvalue weighted by Gasteiger charge is 2.23. The summed E-state index contributed by atoms with van der Waals surface area (Å²) in [4.78, 5) is 26.3. The molecule has 3 aromatic rings. The van der Waals surface area contributed by atoms with E-state index in [1.54, 1.807) is 73.8 Å². The van der Waals surface area contributed by atoms with Gasteiger partial charge in [0, 0.05) is 0 Å². The number of methoxy groups -OCH3 is 3. The summed E-state index contributed by atoms with van der Waals surface area (Å²) in [7, 11) is 4.53. The molecule has 8 heteroatoms. The highest BCUT2D eigenvalue weighted by molar-refractivity contribution is 5.99. The van der Waals surface area contributed by atoms with Crippen LogP contribution in [0.15, 0.2) is 66.7 Å². The van der Waals surface area contributed by atoms with Crippen molar-refractivity contribution in [2.24, 2.45) is 0 Å².